The summed E-state index contributed by atoms with van der Waals surface area (Å²) < 4.78 is 1.71. The minimum absolute atomic E-state index is 0.165. The van der Waals surface area contributed by atoms with Gasteiger partial charge in [-0.25, -0.2) is 4.79 Å². The molecule has 0 unspecified atom stereocenters. The molecule has 0 aromatic carbocycles. The molecule has 0 spiro atoms. The fourth-order valence-electron chi connectivity index (χ4n) is 1.39. The summed E-state index contributed by atoms with van der Waals surface area (Å²) >= 11 is 1.63. The number of aryl methyl sites for hydroxylation is 1. The highest BCUT2D eigenvalue weighted by atomic mass is 32.1. The van der Waals surface area contributed by atoms with Gasteiger partial charge in [-0.3, -0.25) is 4.68 Å². The predicted octanol–water partition coefficient (Wildman–Crippen LogP) is 1.48. The number of nitrogens with zero attached hydrogens (tertiary/aromatic N) is 2. The molecule has 2 aromatic heterocycles. The quantitative estimate of drug-likeness (QED) is 0.863. The Hall–Kier alpha value is -1.82. The first kappa shape index (κ1) is 11.7. The fourth-order valence-corrected chi connectivity index (χ4v) is 2.03. The molecule has 0 aliphatic carbocycles. The highest BCUT2D eigenvalue weighted by molar-refractivity contribution is 7.09. The zero-order valence-electron chi connectivity index (χ0n) is 9.51. The number of urea groups is 1. The molecule has 17 heavy (non-hydrogen) atoms. The van der Waals surface area contributed by atoms with E-state index in [1.807, 2.05) is 30.8 Å². The van der Waals surface area contributed by atoms with E-state index >= 15 is 0 Å². The molecule has 2 rings (SSSR count). The fraction of sp³-hybridized carbons (Fsp3) is 0.273. The summed E-state index contributed by atoms with van der Waals surface area (Å²) in [5.74, 6) is 0. The zero-order chi connectivity index (χ0) is 12.1. The normalized spacial score (nSPS) is 10.2. The van der Waals surface area contributed by atoms with Gasteiger partial charge >= 0.3 is 6.03 Å². The van der Waals surface area contributed by atoms with Crippen molar-refractivity contribution in [2.75, 3.05) is 0 Å². The predicted molar refractivity (Wildman–Crippen MR) is 66.6 cm³/mol. The third-order valence-electron chi connectivity index (χ3n) is 2.21. The van der Waals surface area contributed by atoms with Crippen LogP contribution in [0, 0.1) is 0 Å². The summed E-state index contributed by atoms with van der Waals surface area (Å²) in [6, 6.07) is 3.80. The number of aromatic nitrogens is 2. The van der Waals surface area contributed by atoms with Gasteiger partial charge in [0.1, 0.15) is 0 Å². The van der Waals surface area contributed by atoms with Crippen LogP contribution in [0.4, 0.5) is 4.79 Å². The van der Waals surface area contributed by atoms with E-state index in [2.05, 4.69) is 15.7 Å². The van der Waals surface area contributed by atoms with Gasteiger partial charge in [0.25, 0.3) is 0 Å². The Morgan fingerprint density at radius 1 is 1.47 bits per heavy atom. The number of nitrogens with one attached hydrogen (secondary N) is 2. The maximum absolute atomic E-state index is 11.5. The van der Waals surface area contributed by atoms with Crippen LogP contribution in [0.3, 0.4) is 0 Å². The summed E-state index contributed by atoms with van der Waals surface area (Å²) in [5.41, 5.74) is 0.985. The van der Waals surface area contributed by atoms with Crippen molar-refractivity contribution in [2.45, 2.75) is 13.1 Å². The van der Waals surface area contributed by atoms with Crippen LogP contribution in [-0.2, 0) is 20.1 Å². The van der Waals surface area contributed by atoms with E-state index in [1.165, 1.54) is 0 Å². The lowest BCUT2D eigenvalue weighted by Gasteiger charge is -2.05. The van der Waals surface area contributed by atoms with Crippen molar-refractivity contribution in [3.05, 3.63) is 40.3 Å². The first-order chi connectivity index (χ1) is 8.24. The minimum atomic E-state index is -0.165. The van der Waals surface area contributed by atoms with E-state index in [0.717, 1.165) is 10.4 Å². The Balaban J connectivity index is 1.71. The van der Waals surface area contributed by atoms with Gasteiger partial charge < -0.3 is 10.6 Å². The molecule has 0 aliphatic rings. The Labute approximate surface area is 103 Å². The Morgan fingerprint density at radius 2 is 2.29 bits per heavy atom. The molecule has 6 heteroatoms. The van der Waals surface area contributed by atoms with Gasteiger partial charge in [-0.05, 0) is 11.4 Å². The molecule has 0 saturated carbocycles. The summed E-state index contributed by atoms with van der Waals surface area (Å²) in [6.45, 7) is 1.06. The van der Waals surface area contributed by atoms with Gasteiger partial charge in [-0.2, -0.15) is 5.10 Å². The van der Waals surface area contributed by atoms with Crippen LogP contribution < -0.4 is 10.6 Å². The lowest BCUT2D eigenvalue weighted by atomic mass is 10.4. The monoisotopic (exact) mass is 250 g/mol. The average molecular weight is 250 g/mol. The smallest absolute Gasteiger partial charge is 0.315 e. The Morgan fingerprint density at radius 3 is 2.94 bits per heavy atom. The number of rotatable bonds is 4. The maximum atomic E-state index is 11.5. The molecule has 5 nitrogen and oxygen atoms in total. The standard InChI is InChI=1S/C11H14N4OS/c1-15-8-9(6-14-15)5-12-11(16)13-7-10-3-2-4-17-10/h2-4,6,8H,5,7H2,1H3,(H2,12,13,16). The molecule has 0 saturated heterocycles. The lowest BCUT2D eigenvalue weighted by molar-refractivity contribution is 0.240. The molecule has 2 amide bonds. The highest BCUT2D eigenvalue weighted by Crippen LogP contribution is 2.07. The molecule has 90 valence electrons. The van der Waals surface area contributed by atoms with Crippen LogP contribution in [0.5, 0.6) is 0 Å². The van der Waals surface area contributed by atoms with Gasteiger partial charge in [-0.15, -0.1) is 11.3 Å². The first-order valence-electron chi connectivity index (χ1n) is 5.25. The number of amides is 2. The van der Waals surface area contributed by atoms with Crippen LogP contribution in [0.25, 0.3) is 0 Å². The molecule has 0 aliphatic heterocycles. The lowest BCUT2D eigenvalue weighted by Crippen LogP contribution is -2.34. The van der Waals surface area contributed by atoms with Crippen LogP contribution >= 0.6 is 11.3 Å². The Bertz CT molecular complexity index is 477. The number of thiophene rings is 1. The number of carbonyl (C=O) groups is 1. The third-order valence-corrected chi connectivity index (χ3v) is 3.09. The van der Waals surface area contributed by atoms with Crippen molar-refractivity contribution in [1.29, 1.82) is 0 Å². The van der Waals surface area contributed by atoms with Gasteiger partial charge in [-0.1, -0.05) is 6.07 Å². The minimum Gasteiger partial charge on any atom is -0.334 e. The second kappa shape index (κ2) is 5.49. The molecular weight excluding hydrogens is 236 g/mol. The number of hydrogen-bond donors (Lipinski definition) is 2. The van der Waals surface area contributed by atoms with Crippen molar-refractivity contribution in [1.82, 2.24) is 20.4 Å². The van der Waals surface area contributed by atoms with Gasteiger partial charge in [0.2, 0.25) is 0 Å². The zero-order valence-corrected chi connectivity index (χ0v) is 10.3. The van der Waals surface area contributed by atoms with E-state index in [9.17, 15) is 4.79 Å². The molecule has 2 aromatic rings. The van der Waals surface area contributed by atoms with E-state index in [4.69, 9.17) is 0 Å². The first-order valence-corrected chi connectivity index (χ1v) is 6.13. The van der Waals surface area contributed by atoms with Crippen LogP contribution in [-0.4, -0.2) is 15.8 Å². The average Bonchev–Trinajstić information content (AvgIpc) is 2.95. The van der Waals surface area contributed by atoms with Gasteiger partial charge in [0, 0.05) is 30.2 Å². The van der Waals surface area contributed by atoms with Crippen LogP contribution in [0.2, 0.25) is 0 Å². The van der Waals surface area contributed by atoms with E-state index in [1.54, 1.807) is 22.2 Å². The SMILES string of the molecule is Cn1cc(CNC(=O)NCc2cccs2)cn1. The summed E-state index contributed by atoms with van der Waals surface area (Å²) in [6.07, 6.45) is 3.61. The van der Waals surface area contributed by atoms with Crippen molar-refractivity contribution in [2.24, 2.45) is 7.05 Å². The van der Waals surface area contributed by atoms with Crippen molar-refractivity contribution in [3.63, 3.8) is 0 Å². The molecule has 0 atom stereocenters. The van der Waals surface area contributed by atoms with Crippen molar-refractivity contribution in [3.8, 4) is 0 Å². The largest absolute Gasteiger partial charge is 0.334 e. The maximum Gasteiger partial charge on any atom is 0.315 e. The number of carbonyl (C=O) groups excluding carboxylic acids is 1. The van der Waals surface area contributed by atoms with E-state index in [0.29, 0.717) is 13.1 Å². The third kappa shape index (κ3) is 3.60. The topological polar surface area (TPSA) is 59.0 Å². The molecule has 0 radical (unpaired) electrons. The van der Waals surface area contributed by atoms with Crippen molar-refractivity contribution < 1.29 is 4.79 Å². The molecule has 0 bridgehead atoms. The molecular formula is C11H14N4OS. The summed E-state index contributed by atoms with van der Waals surface area (Å²) in [4.78, 5) is 12.6. The highest BCUT2D eigenvalue weighted by Gasteiger charge is 2.02. The summed E-state index contributed by atoms with van der Waals surface area (Å²) in [5, 5.41) is 11.6. The summed E-state index contributed by atoms with van der Waals surface area (Å²) in [7, 11) is 1.85. The Kier molecular flexibility index (Phi) is 3.77. The second-order valence-electron chi connectivity index (χ2n) is 3.64. The van der Waals surface area contributed by atoms with Gasteiger partial charge in [0.05, 0.1) is 12.7 Å². The second-order valence-corrected chi connectivity index (χ2v) is 4.67. The molecule has 0 fully saturated rings. The molecule has 2 heterocycles. The molecule has 2 N–H and O–H groups in total. The number of hydrogen-bond acceptors (Lipinski definition) is 3. The van der Waals surface area contributed by atoms with E-state index in [-0.39, 0.29) is 6.03 Å². The van der Waals surface area contributed by atoms with Crippen LogP contribution in [0.15, 0.2) is 29.9 Å². The van der Waals surface area contributed by atoms with Crippen LogP contribution in [0.1, 0.15) is 10.4 Å². The van der Waals surface area contributed by atoms with E-state index < -0.39 is 0 Å². The van der Waals surface area contributed by atoms with Crippen molar-refractivity contribution >= 4 is 17.4 Å². The van der Waals surface area contributed by atoms with Gasteiger partial charge in [0.15, 0.2) is 0 Å².